The highest BCUT2D eigenvalue weighted by Gasteiger charge is 2.22. The van der Waals surface area contributed by atoms with Gasteiger partial charge in [-0.2, -0.15) is 0 Å². The highest BCUT2D eigenvalue weighted by Crippen LogP contribution is 2.19. The Morgan fingerprint density at radius 2 is 1.70 bits per heavy atom. The maximum atomic E-state index is 12.9. The van der Waals surface area contributed by atoms with Crippen LogP contribution in [-0.4, -0.2) is 23.6 Å². The molecule has 0 atom stereocenters. The normalized spacial score (nSPS) is 11.4. The van der Waals surface area contributed by atoms with Crippen LogP contribution in [0.5, 0.6) is 0 Å². The molecule has 0 saturated heterocycles. The van der Waals surface area contributed by atoms with Crippen LogP contribution in [0.1, 0.15) is 23.0 Å². The predicted octanol–water partition coefficient (Wildman–Crippen LogP) is 2.49. The highest BCUT2D eigenvalue weighted by atomic mass is 32.2. The van der Waals surface area contributed by atoms with Crippen LogP contribution in [0, 0.1) is 6.92 Å². The fraction of sp³-hybridized carbons (Fsp3) is 0.158. The predicted molar refractivity (Wildman–Crippen MR) is 103 cm³/mol. The molecule has 0 bridgehead atoms. The van der Waals surface area contributed by atoms with Crippen molar-refractivity contribution >= 4 is 21.5 Å². The van der Waals surface area contributed by atoms with Crippen LogP contribution in [0.15, 0.2) is 64.3 Å². The summed E-state index contributed by atoms with van der Waals surface area (Å²) in [5.41, 5.74) is 0.860. The number of anilines is 1. The Labute approximate surface area is 156 Å². The summed E-state index contributed by atoms with van der Waals surface area (Å²) in [5, 5.41) is 0. The molecule has 1 heterocycles. The summed E-state index contributed by atoms with van der Waals surface area (Å²) in [6.45, 7) is 3.02. The van der Waals surface area contributed by atoms with Crippen molar-refractivity contribution in [2.24, 2.45) is 7.05 Å². The van der Waals surface area contributed by atoms with Gasteiger partial charge in [0.2, 0.25) is 0 Å². The van der Waals surface area contributed by atoms with Crippen molar-refractivity contribution in [1.82, 2.24) is 9.36 Å². The molecule has 140 valence electrons. The quantitative estimate of drug-likeness (QED) is 0.683. The van der Waals surface area contributed by atoms with E-state index in [1.54, 1.807) is 42.9 Å². The first-order chi connectivity index (χ1) is 12.7. The molecular weight excluding hydrogens is 366 g/mol. The Bertz CT molecular complexity index is 1180. The molecule has 1 aromatic heterocycles. The highest BCUT2D eigenvalue weighted by molar-refractivity contribution is 7.92. The lowest BCUT2D eigenvalue weighted by Gasteiger charge is -2.08. The number of carbonyl (C=O) groups is 1. The van der Waals surface area contributed by atoms with Crippen molar-refractivity contribution in [3.63, 3.8) is 0 Å². The van der Waals surface area contributed by atoms with Crippen LogP contribution < -0.4 is 10.3 Å². The Morgan fingerprint density at radius 3 is 2.33 bits per heavy atom. The molecule has 0 radical (unpaired) electrons. The molecule has 2 aromatic carbocycles. The van der Waals surface area contributed by atoms with Gasteiger partial charge in [0.25, 0.3) is 15.6 Å². The third-order valence-electron chi connectivity index (χ3n) is 4.34. The Kier molecular flexibility index (Phi) is 4.75. The second kappa shape index (κ2) is 6.88. The van der Waals surface area contributed by atoms with Gasteiger partial charge in [-0.15, -0.1) is 0 Å². The standard InChI is InChI=1S/C19H19N3O4S/c1-13-18(19(24)22(21(13)3)16-9-5-4-6-10-16)20-27(25,26)17-11-7-8-15(12-17)14(2)23/h4-12,20H,1-3H3. The molecule has 0 fully saturated rings. The fourth-order valence-electron chi connectivity index (χ4n) is 2.76. The number of benzene rings is 2. The lowest BCUT2D eigenvalue weighted by atomic mass is 10.2. The van der Waals surface area contributed by atoms with Gasteiger partial charge in [0.1, 0.15) is 5.69 Å². The molecule has 27 heavy (non-hydrogen) atoms. The van der Waals surface area contributed by atoms with E-state index in [0.29, 0.717) is 11.4 Å². The number of aromatic nitrogens is 2. The number of nitrogens with one attached hydrogen (secondary N) is 1. The Hall–Kier alpha value is -3.13. The van der Waals surface area contributed by atoms with E-state index in [1.807, 2.05) is 6.07 Å². The number of hydrogen-bond acceptors (Lipinski definition) is 4. The summed E-state index contributed by atoms with van der Waals surface area (Å²) in [5.74, 6) is -0.241. The monoisotopic (exact) mass is 385 g/mol. The topological polar surface area (TPSA) is 90.2 Å². The molecule has 0 aliphatic carbocycles. The zero-order valence-corrected chi connectivity index (χ0v) is 15.9. The third-order valence-corrected chi connectivity index (χ3v) is 5.69. The average Bonchev–Trinajstić information content (AvgIpc) is 2.85. The molecule has 3 aromatic rings. The molecule has 0 amide bonds. The van der Waals surface area contributed by atoms with Gasteiger partial charge in [0.05, 0.1) is 16.3 Å². The lowest BCUT2D eigenvalue weighted by Crippen LogP contribution is -2.23. The van der Waals surface area contributed by atoms with Crippen LogP contribution in [-0.2, 0) is 17.1 Å². The summed E-state index contributed by atoms with van der Waals surface area (Å²) in [7, 11) is -2.35. The summed E-state index contributed by atoms with van der Waals surface area (Å²) in [6.07, 6.45) is 0. The van der Waals surface area contributed by atoms with Crippen molar-refractivity contribution in [1.29, 1.82) is 0 Å². The lowest BCUT2D eigenvalue weighted by molar-refractivity contribution is 0.101. The molecule has 0 unspecified atom stereocenters. The van der Waals surface area contributed by atoms with Crippen LogP contribution in [0.2, 0.25) is 0 Å². The first kappa shape index (κ1) is 18.7. The fourth-order valence-corrected chi connectivity index (χ4v) is 3.92. The van der Waals surface area contributed by atoms with Gasteiger partial charge in [-0.1, -0.05) is 30.3 Å². The van der Waals surface area contributed by atoms with E-state index in [2.05, 4.69) is 4.72 Å². The van der Waals surface area contributed by atoms with Crippen molar-refractivity contribution < 1.29 is 13.2 Å². The molecule has 1 N–H and O–H groups in total. The maximum Gasteiger partial charge on any atom is 0.296 e. The van der Waals surface area contributed by atoms with Gasteiger partial charge in [-0.25, -0.2) is 13.1 Å². The molecule has 3 rings (SSSR count). The minimum Gasteiger partial charge on any atom is -0.295 e. The maximum absolute atomic E-state index is 12.9. The van der Waals surface area contributed by atoms with E-state index in [9.17, 15) is 18.0 Å². The van der Waals surface area contributed by atoms with Gasteiger partial charge in [-0.05, 0) is 38.1 Å². The molecule has 7 nitrogen and oxygen atoms in total. The van der Waals surface area contributed by atoms with Crippen molar-refractivity contribution in [2.75, 3.05) is 4.72 Å². The van der Waals surface area contributed by atoms with Crippen LogP contribution in [0.25, 0.3) is 5.69 Å². The van der Waals surface area contributed by atoms with E-state index in [0.717, 1.165) is 0 Å². The summed E-state index contributed by atoms with van der Waals surface area (Å²) >= 11 is 0. The van der Waals surface area contributed by atoms with E-state index < -0.39 is 15.6 Å². The minimum absolute atomic E-state index is 0.0328. The molecule has 0 saturated carbocycles. The van der Waals surface area contributed by atoms with E-state index in [1.165, 1.54) is 35.9 Å². The zero-order chi connectivity index (χ0) is 19.8. The molecular formula is C19H19N3O4S. The summed E-state index contributed by atoms with van der Waals surface area (Å²) < 4.78 is 30.9. The largest absolute Gasteiger partial charge is 0.296 e. The van der Waals surface area contributed by atoms with Gasteiger partial charge in [-0.3, -0.25) is 19.0 Å². The number of ketones is 1. The SMILES string of the molecule is CC(=O)c1cccc(S(=O)(=O)Nc2c(C)n(C)n(-c3ccccc3)c2=O)c1. The van der Waals surface area contributed by atoms with Gasteiger partial charge in [0.15, 0.2) is 5.78 Å². The van der Waals surface area contributed by atoms with E-state index in [-0.39, 0.29) is 21.9 Å². The second-order valence-electron chi connectivity index (χ2n) is 6.13. The molecule has 0 aliphatic heterocycles. The van der Waals surface area contributed by atoms with E-state index >= 15 is 0 Å². The summed E-state index contributed by atoms with van der Waals surface area (Å²) in [4.78, 5) is 24.3. The third kappa shape index (κ3) is 3.43. The van der Waals surface area contributed by atoms with Crippen molar-refractivity contribution in [3.05, 3.63) is 76.2 Å². The number of nitrogens with zero attached hydrogens (tertiary/aromatic N) is 2. The number of carbonyl (C=O) groups excluding carboxylic acids is 1. The van der Waals surface area contributed by atoms with Crippen LogP contribution in [0.4, 0.5) is 5.69 Å². The second-order valence-corrected chi connectivity index (χ2v) is 7.81. The number of Topliss-reactive ketones (excluding diaryl/α,β-unsaturated/α-hetero) is 1. The number of hydrogen-bond donors (Lipinski definition) is 1. The van der Waals surface area contributed by atoms with Gasteiger partial charge >= 0.3 is 0 Å². The Morgan fingerprint density at radius 1 is 1.04 bits per heavy atom. The average molecular weight is 385 g/mol. The van der Waals surface area contributed by atoms with Crippen molar-refractivity contribution in [3.8, 4) is 5.69 Å². The summed E-state index contributed by atoms with van der Waals surface area (Å²) in [6, 6.07) is 14.6. The number of para-hydroxylation sites is 1. The molecule has 0 aliphatic rings. The first-order valence-electron chi connectivity index (χ1n) is 8.20. The number of sulfonamides is 1. The first-order valence-corrected chi connectivity index (χ1v) is 9.68. The van der Waals surface area contributed by atoms with Gasteiger partial charge < -0.3 is 0 Å². The zero-order valence-electron chi connectivity index (χ0n) is 15.1. The Balaban J connectivity index is 2.07. The smallest absolute Gasteiger partial charge is 0.295 e. The van der Waals surface area contributed by atoms with Crippen LogP contribution in [0.3, 0.4) is 0 Å². The number of rotatable bonds is 5. The van der Waals surface area contributed by atoms with Gasteiger partial charge in [0, 0.05) is 12.6 Å². The molecule has 0 spiro atoms. The van der Waals surface area contributed by atoms with Crippen molar-refractivity contribution in [2.45, 2.75) is 18.7 Å². The minimum atomic E-state index is -4.03. The van der Waals surface area contributed by atoms with Crippen LogP contribution >= 0.6 is 0 Å². The molecule has 8 heteroatoms. The van der Waals surface area contributed by atoms with E-state index in [4.69, 9.17) is 0 Å².